The van der Waals surface area contributed by atoms with Gasteiger partial charge in [-0.15, -0.1) is 0 Å². The van der Waals surface area contributed by atoms with Crippen LogP contribution in [0.25, 0.3) is 22.3 Å². The lowest BCUT2D eigenvalue weighted by Gasteiger charge is -2.31. The Balaban J connectivity index is 1.64. The second-order valence-electron chi connectivity index (χ2n) is 9.19. The summed E-state index contributed by atoms with van der Waals surface area (Å²) in [6, 6.07) is 10.7. The van der Waals surface area contributed by atoms with Gasteiger partial charge in [-0.05, 0) is 50.3 Å². The number of likely N-dealkylation sites (tertiary alicyclic amines) is 1. The van der Waals surface area contributed by atoms with Gasteiger partial charge in [0.25, 0.3) is 0 Å². The molecule has 174 valence electrons. The van der Waals surface area contributed by atoms with Crippen molar-refractivity contribution < 1.29 is 14.0 Å². The Bertz CT molecular complexity index is 1120. The number of amides is 2. The summed E-state index contributed by atoms with van der Waals surface area (Å²) < 4.78 is 6.25. The van der Waals surface area contributed by atoms with Crippen LogP contribution in [0.15, 0.2) is 53.2 Å². The van der Waals surface area contributed by atoms with Gasteiger partial charge in [0.05, 0.1) is 6.04 Å². The maximum atomic E-state index is 13.5. The summed E-state index contributed by atoms with van der Waals surface area (Å²) in [5, 5.41) is 3.92. The molecule has 4 rings (SSSR count). The average Bonchev–Trinajstić information content (AvgIpc) is 3.42. The van der Waals surface area contributed by atoms with Crippen LogP contribution in [0.2, 0.25) is 0 Å². The van der Waals surface area contributed by atoms with Gasteiger partial charge in [-0.25, -0.2) is 0 Å². The number of furan rings is 1. The van der Waals surface area contributed by atoms with E-state index in [9.17, 15) is 9.59 Å². The number of hydrogen-bond donors (Lipinski definition) is 2. The number of fused-ring (bicyclic) bond motifs is 1. The Morgan fingerprint density at radius 1 is 1.18 bits per heavy atom. The number of carbonyl (C=O) groups excluding carboxylic acids is 2. The van der Waals surface area contributed by atoms with E-state index >= 15 is 0 Å². The highest BCUT2D eigenvalue weighted by Gasteiger charge is 2.36. The minimum absolute atomic E-state index is 0.0348. The van der Waals surface area contributed by atoms with E-state index in [0.29, 0.717) is 13.0 Å². The van der Waals surface area contributed by atoms with Gasteiger partial charge in [-0.3, -0.25) is 14.6 Å². The number of nitrogens with one attached hydrogen (secondary N) is 1. The van der Waals surface area contributed by atoms with Crippen molar-refractivity contribution in [3.8, 4) is 11.3 Å². The minimum atomic E-state index is -0.659. The first-order valence-corrected chi connectivity index (χ1v) is 11.6. The lowest BCUT2D eigenvalue weighted by Crippen LogP contribution is -2.55. The van der Waals surface area contributed by atoms with Gasteiger partial charge in [0.15, 0.2) is 0 Å². The van der Waals surface area contributed by atoms with Crippen molar-refractivity contribution in [3.63, 3.8) is 0 Å². The quantitative estimate of drug-likeness (QED) is 0.576. The Kier molecular flexibility index (Phi) is 6.79. The van der Waals surface area contributed by atoms with Crippen molar-refractivity contribution in [2.45, 2.75) is 58.2 Å². The zero-order chi connectivity index (χ0) is 23.5. The smallest absolute Gasteiger partial charge is 0.245 e. The van der Waals surface area contributed by atoms with Crippen molar-refractivity contribution in [2.24, 2.45) is 11.7 Å². The fraction of sp³-hybridized carbons (Fsp3) is 0.423. The first kappa shape index (κ1) is 23.0. The molecule has 3 atom stereocenters. The first-order valence-electron chi connectivity index (χ1n) is 11.6. The predicted octanol–water partition coefficient (Wildman–Crippen LogP) is 3.52. The molecule has 2 amide bonds. The monoisotopic (exact) mass is 448 g/mol. The Morgan fingerprint density at radius 3 is 2.61 bits per heavy atom. The number of carbonyl (C=O) groups is 2. The SMILES string of the molecule is CC(C)[C@H](NC(=O)[C@H](C)N)C(=O)N1CCC[C@H]1Cc1c(-c2ccncc2)oc2ccccc12. The Labute approximate surface area is 194 Å². The fourth-order valence-electron chi connectivity index (χ4n) is 4.59. The minimum Gasteiger partial charge on any atom is -0.456 e. The molecule has 3 heterocycles. The lowest BCUT2D eigenvalue weighted by molar-refractivity contribution is -0.138. The molecule has 7 nitrogen and oxygen atoms in total. The molecule has 1 fully saturated rings. The van der Waals surface area contributed by atoms with Gasteiger partial charge < -0.3 is 20.4 Å². The van der Waals surface area contributed by atoms with Crippen molar-refractivity contribution in [1.29, 1.82) is 0 Å². The molecule has 3 N–H and O–H groups in total. The number of nitrogens with zero attached hydrogens (tertiary/aromatic N) is 2. The van der Waals surface area contributed by atoms with E-state index in [1.165, 1.54) is 0 Å². The van der Waals surface area contributed by atoms with Gasteiger partial charge in [-0.1, -0.05) is 32.0 Å². The highest BCUT2D eigenvalue weighted by molar-refractivity contribution is 5.91. The van der Waals surface area contributed by atoms with Gasteiger partial charge in [0.2, 0.25) is 11.8 Å². The number of nitrogens with two attached hydrogens (primary N) is 1. The third-order valence-corrected chi connectivity index (χ3v) is 6.38. The van der Waals surface area contributed by atoms with Crippen molar-refractivity contribution in [3.05, 3.63) is 54.4 Å². The molecule has 7 heteroatoms. The molecule has 0 aliphatic carbocycles. The van der Waals surface area contributed by atoms with Crippen molar-refractivity contribution in [2.75, 3.05) is 6.54 Å². The molecule has 0 saturated carbocycles. The van der Waals surface area contributed by atoms with E-state index in [4.69, 9.17) is 10.2 Å². The van der Waals surface area contributed by atoms with Crippen LogP contribution in [0.5, 0.6) is 0 Å². The predicted molar refractivity (Wildman–Crippen MR) is 128 cm³/mol. The van der Waals surface area contributed by atoms with E-state index in [1.54, 1.807) is 19.3 Å². The summed E-state index contributed by atoms with van der Waals surface area (Å²) in [5.74, 6) is 0.436. The molecule has 0 radical (unpaired) electrons. The molecule has 0 bridgehead atoms. The third kappa shape index (κ3) is 4.78. The van der Waals surface area contributed by atoms with Gasteiger partial charge in [0, 0.05) is 41.5 Å². The highest BCUT2D eigenvalue weighted by atomic mass is 16.3. The van der Waals surface area contributed by atoms with Crippen LogP contribution in [-0.4, -0.2) is 46.4 Å². The zero-order valence-electron chi connectivity index (χ0n) is 19.5. The summed E-state index contributed by atoms with van der Waals surface area (Å²) in [6.45, 7) is 6.20. The molecule has 2 aromatic heterocycles. The van der Waals surface area contributed by atoms with E-state index in [1.807, 2.05) is 49.1 Å². The topological polar surface area (TPSA) is 101 Å². The number of aromatic nitrogens is 1. The van der Waals surface area contributed by atoms with Gasteiger partial charge in [-0.2, -0.15) is 0 Å². The average molecular weight is 449 g/mol. The first-order chi connectivity index (χ1) is 15.9. The van der Waals surface area contributed by atoms with Crippen LogP contribution in [0.4, 0.5) is 0 Å². The molecule has 3 aromatic rings. The molecule has 1 aromatic carbocycles. The van der Waals surface area contributed by atoms with Crippen LogP contribution in [0.1, 0.15) is 39.2 Å². The molecule has 0 spiro atoms. The molecule has 33 heavy (non-hydrogen) atoms. The fourth-order valence-corrected chi connectivity index (χ4v) is 4.59. The molecular weight excluding hydrogens is 416 g/mol. The summed E-state index contributed by atoms with van der Waals surface area (Å²) in [6.07, 6.45) is 6.04. The number of pyridine rings is 1. The van der Waals surface area contributed by atoms with Crippen molar-refractivity contribution >= 4 is 22.8 Å². The zero-order valence-corrected chi connectivity index (χ0v) is 19.5. The largest absolute Gasteiger partial charge is 0.456 e. The summed E-state index contributed by atoms with van der Waals surface area (Å²) >= 11 is 0. The van der Waals surface area contributed by atoms with Crippen LogP contribution in [0.3, 0.4) is 0 Å². The Hall–Kier alpha value is -3.19. The van der Waals surface area contributed by atoms with Crippen LogP contribution >= 0.6 is 0 Å². The maximum absolute atomic E-state index is 13.5. The number of benzene rings is 1. The second kappa shape index (κ2) is 9.75. The van der Waals surface area contributed by atoms with E-state index in [-0.39, 0.29) is 23.8 Å². The molecule has 1 aliphatic heterocycles. The Morgan fingerprint density at radius 2 is 1.91 bits per heavy atom. The number of rotatable bonds is 7. The number of para-hydroxylation sites is 1. The second-order valence-corrected chi connectivity index (χ2v) is 9.19. The van der Waals surface area contributed by atoms with Crippen LogP contribution in [-0.2, 0) is 16.0 Å². The summed E-state index contributed by atoms with van der Waals surface area (Å²) in [7, 11) is 0. The normalized spacial score (nSPS) is 18.0. The third-order valence-electron chi connectivity index (χ3n) is 6.38. The highest BCUT2D eigenvalue weighted by Crippen LogP contribution is 2.36. The van der Waals surface area contributed by atoms with Gasteiger partial charge in [0.1, 0.15) is 17.4 Å². The van der Waals surface area contributed by atoms with Crippen LogP contribution in [0, 0.1) is 5.92 Å². The summed E-state index contributed by atoms with van der Waals surface area (Å²) in [4.78, 5) is 31.8. The lowest BCUT2D eigenvalue weighted by atomic mass is 9.97. The molecule has 0 unspecified atom stereocenters. The maximum Gasteiger partial charge on any atom is 0.245 e. The molecule has 1 saturated heterocycles. The van der Waals surface area contributed by atoms with E-state index in [2.05, 4.69) is 16.4 Å². The van der Waals surface area contributed by atoms with E-state index in [0.717, 1.165) is 40.7 Å². The van der Waals surface area contributed by atoms with Crippen molar-refractivity contribution in [1.82, 2.24) is 15.2 Å². The van der Waals surface area contributed by atoms with Gasteiger partial charge >= 0.3 is 0 Å². The van der Waals surface area contributed by atoms with Crippen LogP contribution < -0.4 is 11.1 Å². The molecular formula is C26H32N4O3. The summed E-state index contributed by atoms with van der Waals surface area (Å²) in [5.41, 5.74) is 8.63. The standard InChI is InChI=1S/C26H32N4O3/c1-16(2)23(29-25(31)17(3)27)26(32)30-14-6-7-19(30)15-21-20-8-4-5-9-22(20)33-24(21)18-10-12-28-13-11-18/h4-5,8-13,16-17,19,23H,6-7,14-15,27H2,1-3H3,(H,29,31)/t17-,19-,23-/m0/s1. The molecule has 1 aliphatic rings. The van der Waals surface area contributed by atoms with E-state index < -0.39 is 12.1 Å². The number of hydrogen-bond acceptors (Lipinski definition) is 5.